The van der Waals surface area contributed by atoms with Crippen molar-refractivity contribution >= 4 is 21.6 Å². The van der Waals surface area contributed by atoms with Crippen molar-refractivity contribution < 1.29 is 17.1 Å². The van der Waals surface area contributed by atoms with E-state index in [1.165, 1.54) is 0 Å². The third-order valence-corrected chi connectivity index (χ3v) is 4.10. The predicted molar refractivity (Wildman–Crippen MR) is 86.9 cm³/mol. The van der Waals surface area contributed by atoms with Crippen molar-refractivity contribution in [1.82, 2.24) is 4.98 Å². The van der Waals surface area contributed by atoms with Gasteiger partial charge in [0.2, 0.25) is 0 Å². The molecule has 2 aliphatic carbocycles. The Morgan fingerprint density at radius 1 is 0.909 bits per heavy atom. The van der Waals surface area contributed by atoms with Crippen LogP contribution in [0.4, 0.5) is 0 Å². The second kappa shape index (κ2) is 8.81. The van der Waals surface area contributed by atoms with Crippen molar-refractivity contribution in [2.75, 3.05) is 0 Å². The molecule has 2 saturated carbocycles. The maximum absolute atomic E-state index is 11.9. The molecule has 0 aromatic carbocycles. The van der Waals surface area contributed by atoms with Gasteiger partial charge in [-0.15, -0.1) is 11.3 Å². The molecule has 0 atom stereocenters. The molecule has 0 aliphatic heterocycles. The van der Waals surface area contributed by atoms with E-state index >= 15 is 0 Å². The first kappa shape index (κ1) is 17.7. The molecule has 0 N–H and O–H groups in total. The SMILES string of the molecule is O=c1cc([C]2[CH][CH][CH][CH]2)sc2ncccc12.[CH]1[CH][CH][CH][CH]1.[Fe+2]. The van der Waals surface area contributed by atoms with Gasteiger partial charge in [-0.2, -0.15) is 0 Å². The number of pyridine rings is 1. The van der Waals surface area contributed by atoms with Gasteiger partial charge in [0.05, 0.1) is 5.39 Å². The van der Waals surface area contributed by atoms with Gasteiger partial charge in [-0.3, -0.25) is 4.79 Å². The van der Waals surface area contributed by atoms with E-state index in [0.29, 0.717) is 5.39 Å². The summed E-state index contributed by atoms with van der Waals surface area (Å²) in [6, 6.07) is 5.29. The Bertz CT molecular complexity index is 637. The van der Waals surface area contributed by atoms with Gasteiger partial charge in [-0.25, -0.2) is 4.98 Å². The summed E-state index contributed by atoms with van der Waals surface area (Å²) in [5.41, 5.74) is 0.0399. The van der Waals surface area contributed by atoms with E-state index in [9.17, 15) is 4.79 Å². The maximum Gasteiger partial charge on any atom is 2.00 e. The van der Waals surface area contributed by atoms with Crippen LogP contribution in [0.15, 0.2) is 29.2 Å². The summed E-state index contributed by atoms with van der Waals surface area (Å²) in [6.45, 7) is 0. The minimum absolute atomic E-state index is 0. The minimum atomic E-state index is 0. The number of aromatic nitrogens is 1. The average Bonchev–Trinajstić information content (AvgIpc) is 3.23. The molecule has 0 spiro atoms. The van der Waals surface area contributed by atoms with Crippen LogP contribution in [0, 0.1) is 63.7 Å². The van der Waals surface area contributed by atoms with E-state index in [1.54, 1.807) is 29.7 Å². The standard InChI is InChI=1S/C13H8NOS.C5H5.Fe/c15-11-8-12(9-4-1-2-5-9)16-13-10(11)6-3-7-14-13;1-2-4-5-3-1;/h1-8H;1-5H;/q;;+2. The van der Waals surface area contributed by atoms with E-state index in [4.69, 9.17) is 0 Å². The maximum atomic E-state index is 11.9. The molecule has 4 rings (SSSR count). The largest absolute Gasteiger partial charge is 2.00 e. The Kier molecular flexibility index (Phi) is 7.07. The molecule has 2 aromatic rings. The van der Waals surface area contributed by atoms with Gasteiger partial charge in [0.25, 0.3) is 0 Å². The van der Waals surface area contributed by atoms with Crippen LogP contribution in [0.1, 0.15) is 4.88 Å². The second-order valence-electron chi connectivity index (χ2n) is 4.47. The fraction of sp³-hybridized carbons (Fsp3) is 0. The summed E-state index contributed by atoms with van der Waals surface area (Å²) in [6.07, 6.45) is 19.7. The van der Waals surface area contributed by atoms with Crippen molar-refractivity contribution in [3.63, 3.8) is 0 Å². The fourth-order valence-corrected chi connectivity index (χ4v) is 3.01. The smallest absolute Gasteiger partial charge is 0.289 e. The molecule has 2 nitrogen and oxygen atoms in total. The summed E-state index contributed by atoms with van der Waals surface area (Å²) in [7, 11) is 0. The Balaban J connectivity index is 0.000000253. The summed E-state index contributed by atoms with van der Waals surface area (Å²) in [5.74, 6) is 1.08. The Labute approximate surface area is 146 Å². The van der Waals surface area contributed by atoms with Crippen LogP contribution in [-0.2, 0) is 17.1 Å². The molecular formula is C18H13FeNOS+2. The fourth-order valence-electron chi connectivity index (χ4n) is 1.99. The molecular weight excluding hydrogens is 334 g/mol. The molecule has 10 radical (unpaired) electrons. The van der Waals surface area contributed by atoms with Crippen molar-refractivity contribution in [2.45, 2.75) is 0 Å². The molecule has 0 saturated heterocycles. The van der Waals surface area contributed by atoms with Crippen molar-refractivity contribution in [3.05, 3.63) is 103 Å². The summed E-state index contributed by atoms with van der Waals surface area (Å²) >= 11 is 1.55. The topological polar surface area (TPSA) is 30.0 Å². The van der Waals surface area contributed by atoms with Crippen molar-refractivity contribution in [3.8, 4) is 0 Å². The van der Waals surface area contributed by atoms with Crippen LogP contribution in [0.5, 0.6) is 0 Å². The Morgan fingerprint density at radius 2 is 1.55 bits per heavy atom. The Morgan fingerprint density at radius 3 is 2.18 bits per heavy atom. The van der Waals surface area contributed by atoms with Crippen LogP contribution in [0.2, 0.25) is 0 Å². The van der Waals surface area contributed by atoms with Crippen LogP contribution < -0.4 is 5.43 Å². The van der Waals surface area contributed by atoms with Gasteiger partial charge < -0.3 is 0 Å². The summed E-state index contributed by atoms with van der Waals surface area (Å²) in [4.78, 5) is 17.9. The molecule has 0 unspecified atom stereocenters. The van der Waals surface area contributed by atoms with Gasteiger partial charge in [0.15, 0.2) is 5.43 Å². The molecule has 2 aromatic heterocycles. The molecule has 4 heteroatoms. The average molecular weight is 347 g/mol. The summed E-state index contributed by atoms with van der Waals surface area (Å²) in [5, 5.41) is 0.697. The monoisotopic (exact) mass is 347 g/mol. The number of hydrogen-bond acceptors (Lipinski definition) is 3. The van der Waals surface area contributed by atoms with Crippen molar-refractivity contribution in [2.24, 2.45) is 0 Å². The molecule has 108 valence electrons. The molecule has 22 heavy (non-hydrogen) atoms. The Hall–Kier alpha value is -0.701. The second-order valence-corrected chi connectivity index (χ2v) is 5.50. The van der Waals surface area contributed by atoms with Crippen LogP contribution in [0.25, 0.3) is 10.2 Å². The van der Waals surface area contributed by atoms with Gasteiger partial charge in [-0.1, -0.05) is 0 Å². The van der Waals surface area contributed by atoms with E-state index in [-0.39, 0.29) is 22.5 Å². The molecule has 2 aliphatic rings. The number of hydrogen-bond donors (Lipinski definition) is 0. The first-order chi connectivity index (χ1) is 10.3. The zero-order valence-electron chi connectivity index (χ0n) is 11.6. The zero-order chi connectivity index (χ0) is 14.5. The van der Waals surface area contributed by atoms with Crippen LogP contribution in [-0.4, -0.2) is 4.98 Å². The van der Waals surface area contributed by atoms with E-state index in [2.05, 4.69) is 4.98 Å². The van der Waals surface area contributed by atoms with Crippen molar-refractivity contribution in [1.29, 1.82) is 0 Å². The third kappa shape index (κ3) is 4.41. The van der Waals surface area contributed by atoms with Gasteiger partial charge in [0, 0.05) is 17.0 Å². The van der Waals surface area contributed by atoms with E-state index in [1.807, 2.05) is 63.9 Å². The first-order valence-corrected chi connectivity index (χ1v) is 7.44. The van der Waals surface area contributed by atoms with Gasteiger partial charge >= 0.3 is 17.1 Å². The number of nitrogens with zero attached hydrogens (tertiary/aromatic N) is 1. The van der Waals surface area contributed by atoms with Gasteiger partial charge in [-0.05, 0) is 76.0 Å². The normalized spacial score (nSPS) is 17.8. The quantitative estimate of drug-likeness (QED) is 0.740. The summed E-state index contributed by atoms with van der Waals surface area (Å²) < 4.78 is 0. The molecule has 2 heterocycles. The molecule has 0 bridgehead atoms. The van der Waals surface area contributed by atoms with Gasteiger partial charge in [0.1, 0.15) is 4.83 Å². The third-order valence-electron chi connectivity index (χ3n) is 3.01. The predicted octanol–water partition coefficient (Wildman–Crippen LogP) is 3.43. The van der Waals surface area contributed by atoms with Crippen LogP contribution in [0.3, 0.4) is 0 Å². The molecule has 0 amide bonds. The first-order valence-electron chi connectivity index (χ1n) is 6.62. The number of rotatable bonds is 1. The zero-order valence-corrected chi connectivity index (χ0v) is 13.5. The minimum Gasteiger partial charge on any atom is -0.289 e. The van der Waals surface area contributed by atoms with Crippen LogP contribution >= 0.6 is 11.3 Å². The number of fused-ring (bicyclic) bond motifs is 1. The van der Waals surface area contributed by atoms with E-state index < -0.39 is 0 Å². The molecule has 2 fully saturated rings. The van der Waals surface area contributed by atoms with E-state index in [0.717, 1.165) is 15.6 Å².